The lowest BCUT2D eigenvalue weighted by molar-refractivity contribution is -0.135. The molecule has 0 saturated heterocycles. The molecule has 0 aromatic heterocycles. The van der Waals surface area contributed by atoms with E-state index < -0.39 is 0 Å². The third-order valence-electron chi connectivity index (χ3n) is 4.60. The van der Waals surface area contributed by atoms with Crippen molar-refractivity contribution in [2.75, 3.05) is 6.54 Å². The predicted molar refractivity (Wildman–Crippen MR) is 84.2 cm³/mol. The minimum Gasteiger partial charge on any atom is -0.354 e. The molecule has 0 bridgehead atoms. The van der Waals surface area contributed by atoms with E-state index in [0.29, 0.717) is 6.54 Å². The quantitative estimate of drug-likeness (QED) is 0.838. The van der Waals surface area contributed by atoms with Gasteiger partial charge in [0.25, 0.3) is 0 Å². The van der Waals surface area contributed by atoms with Crippen molar-refractivity contribution in [2.45, 2.75) is 40.7 Å². The van der Waals surface area contributed by atoms with Gasteiger partial charge in [-0.25, -0.2) is 0 Å². The van der Waals surface area contributed by atoms with Gasteiger partial charge in [-0.2, -0.15) is 0 Å². The summed E-state index contributed by atoms with van der Waals surface area (Å²) in [6.07, 6.45) is 0. The van der Waals surface area contributed by atoms with E-state index >= 15 is 0 Å². The van der Waals surface area contributed by atoms with Crippen molar-refractivity contribution in [1.82, 2.24) is 5.32 Å². The Hall–Kier alpha value is -1.35. The first-order valence-corrected chi connectivity index (χ1v) is 7.39. The molecule has 1 atom stereocenters. The third kappa shape index (κ3) is 3.60. The molecular weight excluding hydrogens is 248 g/mol. The van der Waals surface area contributed by atoms with Gasteiger partial charge < -0.3 is 11.1 Å². The third-order valence-corrected chi connectivity index (χ3v) is 4.60. The SMILES string of the molecule is CC(C)C(C)(C(=O)NC[C@@H](N)c1ccccc1)C(C)C. The second-order valence-electron chi connectivity index (χ2n) is 6.32. The van der Waals surface area contributed by atoms with Crippen LogP contribution in [0.25, 0.3) is 0 Å². The van der Waals surface area contributed by atoms with E-state index in [9.17, 15) is 4.79 Å². The zero-order chi connectivity index (χ0) is 15.3. The van der Waals surface area contributed by atoms with Gasteiger partial charge in [0, 0.05) is 12.6 Å². The van der Waals surface area contributed by atoms with Crippen LogP contribution in [0.3, 0.4) is 0 Å². The molecule has 112 valence electrons. The second-order valence-corrected chi connectivity index (χ2v) is 6.32. The van der Waals surface area contributed by atoms with Crippen molar-refractivity contribution in [3.05, 3.63) is 35.9 Å². The van der Waals surface area contributed by atoms with E-state index in [2.05, 4.69) is 33.0 Å². The number of carbonyl (C=O) groups is 1. The van der Waals surface area contributed by atoms with Gasteiger partial charge in [-0.3, -0.25) is 4.79 Å². The first-order chi connectivity index (χ1) is 9.30. The monoisotopic (exact) mass is 276 g/mol. The summed E-state index contributed by atoms with van der Waals surface area (Å²) >= 11 is 0. The highest BCUT2D eigenvalue weighted by molar-refractivity contribution is 5.82. The lowest BCUT2D eigenvalue weighted by Gasteiger charge is -2.36. The molecule has 0 saturated carbocycles. The smallest absolute Gasteiger partial charge is 0.226 e. The van der Waals surface area contributed by atoms with Crippen LogP contribution in [-0.4, -0.2) is 12.5 Å². The van der Waals surface area contributed by atoms with Crippen LogP contribution in [0.1, 0.15) is 46.2 Å². The predicted octanol–water partition coefficient (Wildman–Crippen LogP) is 3.12. The Balaban J connectivity index is 2.67. The fourth-order valence-electron chi connectivity index (χ4n) is 2.40. The molecule has 3 heteroatoms. The van der Waals surface area contributed by atoms with E-state index in [1.54, 1.807) is 0 Å². The molecule has 1 rings (SSSR count). The van der Waals surface area contributed by atoms with Crippen molar-refractivity contribution >= 4 is 5.91 Å². The van der Waals surface area contributed by atoms with E-state index in [4.69, 9.17) is 5.73 Å². The van der Waals surface area contributed by atoms with E-state index in [-0.39, 0.29) is 29.2 Å². The number of benzene rings is 1. The average molecular weight is 276 g/mol. The molecule has 20 heavy (non-hydrogen) atoms. The van der Waals surface area contributed by atoms with Gasteiger partial charge in [0.1, 0.15) is 0 Å². The number of hydrogen-bond donors (Lipinski definition) is 2. The van der Waals surface area contributed by atoms with Crippen molar-refractivity contribution in [3.8, 4) is 0 Å². The standard InChI is InChI=1S/C17H28N2O/c1-12(2)17(5,13(3)4)16(20)19-11-15(18)14-9-7-6-8-10-14/h6-10,12-13,15H,11,18H2,1-5H3,(H,19,20)/t15-/m1/s1. The Labute approximate surface area is 122 Å². The molecule has 0 unspecified atom stereocenters. The van der Waals surface area contributed by atoms with Crippen molar-refractivity contribution in [3.63, 3.8) is 0 Å². The minimum absolute atomic E-state index is 0.0916. The van der Waals surface area contributed by atoms with Crippen molar-refractivity contribution in [1.29, 1.82) is 0 Å². The second kappa shape index (κ2) is 6.89. The van der Waals surface area contributed by atoms with Crippen LogP contribution < -0.4 is 11.1 Å². The summed E-state index contributed by atoms with van der Waals surface area (Å²) in [4.78, 5) is 12.5. The number of amides is 1. The zero-order valence-electron chi connectivity index (χ0n) is 13.3. The molecule has 3 nitrogen and oxygen atoms in total. The molecule has 0 fully saturated rings. The van der Waals surface area contributed by atoms with Gasteiger partial charge in [0.05, 0.1) is 5.41 Å². The summed E-state index contributed by atoms with van der Waals surface area (Å²) < 4.78 is 0. The molecular formula is C17H28N2O. The van der Waals surface area contributed by atoms with E-state index in [1.165, 1.54) is 0 Å². The number of nitrogens with two attached hydrogens (primary N) is 1. The molecule has 0 spiro atoms. The van der Waals surface area contributed by atoms with Crippen LogP contribution in [-0.2, 0) is 4.79 Å². The fourth-order valence-corrected chi connectivity index (χ4v) is 2.40. The normalized spacial score (nSPS) is 13.6. The van der Waals surface area contributed by atoms with Crippen LogP contribution in [0.15, 0.2) is 30.3 Å². The largest absolute Gasteiger partial charge is 0.354 e. The van der Waals surface area contributed by atoms with Crippen LogP contribution in [0.4, 0.5) is 0 Å². The molecule has 1 aromatic carbocycles. The number of carbonyl (C=O) groups excluding carboxylic acids is 1. The average Bonchev–Trinajstić information content (AvgIpc) is 2.43. The highest BCUT2D eigenvalue weighted by Crippen LogP contribution is 2.35. The number of nitrogens with one attached hydrogen (secondary N) is 1. The zero-order valence-corrected chi connectivity index (χ0v) is 13.3. The Morgan fingerprint density at radius 3 is 2.10 bits per heavy atom. The first kappa shape index (κ1) is 16.7. The van der Waals surface area contributed by atoms with Gasteiger partial charge >= 0.3 is 0 Å². The summed E-state index contributed by atoms with van der Waals surface area (Å²) in [6.45, 7) is 10.9. The van der Waals surface area contributed by atoms with Gasteiger partial charge in [-0.1, -0.05) is 65.0 Å². The van der Waals surface area contributed by atoms with Crippen molar-refractivity contribution < 1.29 is 4.79 Å². The summed E-state index contributed by atoms with van der Waals surface area (Å²) in [5.74, 6) is 0.666. The fraction of sp³-hybridized carbons (Fsp3) is 0.588. The van der Waals surface area contributed by atoms with E-state index in [0.717, 1.165) is 5.56 Å². The molecule has 1 amide bonds. The Morgan fingerprint density at radius 1 is 1.15 bits per heavy atom. The minimum atomic E-state index is -0.365. The molecule has 3 N–H and O–H groups in total. The van der Waals surface area contributed by atoms with Crippen LogP contribution >= 0.6 is 0 Å². The number of hydrogen-bond acceptors (Lipinski definition) is 2. The van der Waals surface area contributed by atoms with Gasteiger partial charge in [-0.05, 0) is 17.4 Å². The topological polar surface area (TPSA) is 55.1 Å². The molecule has 0 radical (unpaired) electrons. The lowest BCUT2D eigenvalue weighted by atomic mass is 9.70. The molecule has 0 aliphatic heterocycles. The lowest BCUT2D eigenvalue weighted by Crippen LogP contribution is -2.47. The van der Waals surface area contributed by atoms with Crippen LogP contribution in [0.2, 0.25) is 0 Å². The van der Waals surface area contributed by atoms with Gasteiger partial charge in [0.2, 0.25) is 5.91 Å². The van der Waals surface area contributed by atoms with Gasteiger partial charge in [-0.15, -0.1) is 0 Å². The highest BCUT2D eigenvalue weighted by Gasteiger charge is 2.39. The number of rotatable bonds is 6. The first-order valence-electron chi connectivity index (χ1n) is 7.39. The molecule has 0 aliphatic rings. The summed E-state index contributed by atoms with van der Waals surface area (Å²) in [6, 6.07) is 9.70. The maximum Gasteiger partial charge on any atom is 0.226 e. The molecule has 0 aliphatic carbocycles. The molecule has 0 heterocycles. The van der Waals surface area contributed by atoms with E-state index in [1.807, 2.05) is 37.3 Å². The maximum atomic E-state index is 12.5. The Kier molecular flexibility index (Phi) is 5.75. The summed E-state index contributed by atoms with van der Waals surface area (Å²) in [5, 5.41) is 3.02. The Bertz CT molecular complexity index is 418. The van der Waals surface area contributed by atoms with Gasteiger partial charge in [0.15, 0.2) is 0 Å². The summed E-state index contributed by atoms with van der Waals surface area (Å²) in [7, 11) is 0. The van der Waals surface area contributed by atoms with Crippen molar-refractivity contribution in [2.24, 2.45) is 23.0 Å². The Morgan fingerprint density at radius 2 is 1.65 bits per heavy atom. The molecule has 1 aromatic rings. The highest BCUT2D eigenvalue weighted by atomic mass is 16.2. The van der Waals surface area contributed by atoms with Crippen LogP contribution in [0.5, 0.6) is 0 Å². The summed E-state index contributed by atoms with van der Waals surface area (Å²) in [5.41, 5.74) is 6.80. The maximum absolute atomic E-state index is 12.5. The van der Waals surface area contributed by atoms with Crippen LogP contribution in [0, 0.1) is 17.3 Å².